The Labute approximate surface area is 459 Å². The van der Waals surface area contributed by atoms with Crippen molar-refractivity contribution in [1.29, 1.82) is 0 Å². The SMILES string of the molecule is O=C(NCCCCCCNC(=O)[C@H](Cc1cccc(C#CCOc2cccc(C(NCc3ccccc3)P(=O)(O)O)c2)c1)NC(=O)c1ccc(F)c(Cl)c1)c1ccc2c(c1)C(=O)OC21c2ccc(O)cc2Oc2cc(O)ccc21. The molecule has 0 saturated carbocycles. The minimum atomic E-state index is -4.61. The highest BCUT2D eigenvalue weighted by atomic mass is 35.5. The number of carbonyl (C=O) groups is 4. The number of rotatable bonds is 20. The molecule has 1 unspecified atom stereocenters. The smallest absolute Gasteiger partial charge is 0.346 e. The molecule has 79 heavy (non-hydrogen) atoms. The van der Waals surface area contributed by atoms with Crippen LogP contribution in [0.25, 0.3) is 0 Å². The number of fused-ring (bicyclic) bond motifs is 6. The highest BCUT2D eigenvalue weighted by molar-refractivity contribution is 7.52. The van der Waals surface area contributed by atoms with Gasteiger partial charge in [-0.1, -0.05) is 96.9 Å². The molecule has 9 rings (SSSR count). The van der Waals surface area contributed by atoms with E-state index in [1.165, 1.54) is 42.5 Å². The Balaban J connectivity index is 0.767. The van der Waals surface area contributed by atoms with E-state index in [4.69, 9.17) is 25.8 Å². The Morgan fingerprint density at radius 1 is 0.709 bits per heavy atom. The van der Waals surface area contributed by atoms with E-state index in [0.717, 1.165) is 11.6 Å². The molecule has 8 N–H and O–H groups in total. The van der Waals surface area contributed by atoms with Gasteiger partial charge in [0.1, 0.15) is 53.0 Å². The van der Waals surface area contributed by atoms with E-state index in [2.05, 4.69) is 33.1 Å². The number of hydrogen-bond acceptors (Lipinski definition) is 11. The quantitative estimate of drug-likeness (QED) is 0.0154. The summed E-state index contributed by atoms with van der Waals surface area (Å²) < 4.78 is 44.4. The average Bonchev–Trinajstić information content (AvgIpc) is 3.25. The zero-order valence-electron chi connectivity index (χ0n) is 42.2. The first-order valence-corrected chi connectivity index (χ1v) is 27.3. The van der Waals surface area contributed by atoms with Crippen LogP contribution in [-0.4, -0.2) is 69.4 Å². The maximum Gasteiger partial charge on any atom is 0.346 e. The first-order chi connectivity index (χ1) is 38.0. The van der Waals surface area contributed by atoms with Crippen LogP contribution in [0.4, 0.5) is 4.39 Å². The van der Waals surface area contributed by atoms with Gasteiger partial charge in [0.25, 0.3) is 11.8 Å². The predicted octanol–water partition coefficient (Wildman–Crippen LogP) is 9.30. The Morgan fingerprint density at radius 3 is 2.08 bits per heavy atom. The van der Waals surface area contributed by atoms with E-state index >= 15 is 0 Å². The van der Waals surface area contributed by atoms with Gasteiger partial charge in [0, 0.05) is 71.6 Å². The van der Waals surface area contributed by atoms with Crippen LogP contribution in [0.5, 0.6) is 28.7 Å². The molecule has 7 aromatic rings. The molecule has 0 fully saturated rings. The van der Waals surface area contributed by atoms with Gasteiger partial charge in [-0.25, -0.2) is 9.18 Å². The van der Waals surface area contributed by atoms with Gasteiger partial charge in [-0.05, 0) is 108 Å². The number of ether oxygens (including phenoxy) is 3. The van der Waals surface area contributed by atoms with Crippen LogP contribution in [0.2, 0.25) is 5.02 Å². The number of nitrogens with one attached hydrogen (secondary N) is 4. The average molecular weight is 1110 g/mol. The molecule has 2 aliphatic rings. The van der Waals surface area contributed by atoms with Gasteiger partial charge < -0.3 is 50.2 Å². The summed E-state index contributed by atoms with van der Waals surface area (Å²) >= 11 is 5.97. The van der Waals surface area contributed by atoms with Crippen molar-refractivity contribution in [2.45, 2.75) is 56.1 Å². The van der Waals surface area contributed by atoms with Crippen molar-refractivity contribution in [3.05, 3.63) is 218 Å². The number of aromatic hydroxyl groups is 2. The third-order valence-electron chi connectivity index (χ3n) is 13.3. The van der Waals surface area contributed by atoms with Crippen molar-refractivity contribution in [3.8, 4) is 40.6 Å². The molecule has 0 saturated heterocycles. The van der Waals surface area contributed by atoms with E-state index in [-0.39, 0.29) is 70.8 Å². The van der Waals surface area contributed by atoms with Crippen LogP contribution in [-0.2, 0) is 32.7 Å². The Morgan fingerprint density at radius 2 is 1.37 bits per heavy atom. The molecule has 0 bridgehead atoms. The number of unbranched alkanes of at least 4 members (excludes halogenated alkanes) is 3. The lowest BCUT2D eigenvalue weighted by Gasteiger charge is -2.36. The number of carbonyl (C=O) groups excluding carboxylic acids is 4. The van der Waals surface area contributed by atoms with Crippen LogP contribution in [0, 0.1) is 17.7 Å². The molecule has 0 radical (unpaired) electrons. The van der Waals surface area contributed by atoms with Crippen molar-refractivity contribution in [2.75, 3.05) is 19.7 Å². The third-order valence-corrected chi connectivity index (χ3v) is 14.7. The first kappa shape index (κ1) is 55.3. The van der Waals surface area contributed by atoms with Crippen LogP contribution in [0.15, 0.2) is 152 Å². The maximum absolute atomic E-state index is 14.0. The lowest BCUT2D eigenvalue weighted by atomic mass is 9.77. The lowest BCUT2D eigenvalue weighted by molar-refractivity contribution is -0.123. The Bertz CT molecular complexity index is 3520. The van der Waals surface area contributed by atoms with Crippen molar-refractivity contribution < 1.29 is 62.3 Å². The van der Waals surface area contributed by atoms with Crippen LogP contribution in [0.1, 0.15) is 101 Å². The highest BCUT2D eigenvalue weighted by Gasteiger charge is 2.54. The predicted molar refractivity (Wildman–Crippen MR) is 292 cm³/mol. The van der Waals surface area contributed by atoms with Gasteiger partial charge in [0.15, 0.2) is 5.60 Å². The maximum atomic E-state index is 14.0. The lowest BCUT2D eigenvalue weighted by Crippen LogP contribution is -2.48. The number of hydrogen-bond donors (Lipinski definition) is 8. The molecule has 16 nitrogen and oxygen atoms in total. The monoisotopic (exact) mass is 1110 g/mol. The summed E-state index contributed by atoms with van der Waals surface area (Å²) in [7, 11) is -4.61. The Kier molecular flexibility index (Phi) is 17.1. The number of amides is 3. The molecule has 2 heterocycles. The van der Waals surface area contributed by atoms with Gasteiger partial charge in [0.05, 0.1) is 10.6 Å². The topological polar surface area (TPSA) is 242 Å². The molecule has 19 heteroatoms. The summed E-state index contributed by atoms with van der Waals surface area (Å²) in [6.45, 7) is 0.809. The van der Waals surface area contributed by atoms with Gasteiger partial charge in [-0.2, -0.15) is 0 Å². The molecule has 2 atom stereocenters. The summed E-state index contributed by atoms with van der Waals surface area (Å²) in [6, 6.07) is 39.0. The fraction of sp³-hybridized carbons (Fsp3) is 0.200. The van der Waals surface area contributed by atoms with Crippen LogP contribution >= 0.6 is 19.2 Å². The molecule has 0 aliphatic carbocycles. The molecule has 3 amide bonds. The normalized spacial score (nSPS) is 13.5. The molecule has 7 aromatic carbocycles. The zero-order valence-corrected chi connectivity index (χ0v) is 43.9. The van der Waals surface area contributed by atoms with Crippen LogP contribution in [0.3, 0.4) is 0 Å². The summed E-state index contributed by atoms with van der Waals surface area (Å²) in [5, 5.41) is 31.7. The highest BCUT2D eigenvalue weighted by Crippen LogP contribution is 2.57. The van der Waals surface area contributed by atoms with Gasteiger partial charge in [0.2, 0.25) is 5.91 Å². The standard InChI is InChI=1S/C60H53ClFN4O12P/c61-50-33-41(19-25-51(50)62)56(70)66-52(30-39-14-8-13-37(29-39)15-10-28-76-45-17-9-16-42(31-45)58(79(73,74)75)65-36-38-11-4-3-5-12-38)57(71)64-27-7-2-1-6-26-63-55(69)40-18-22-47-46(32-40)59(72)78-60(47)48-23-20-43(67)34-53(48)77-54-35-44(68)21-24-49(54)60/h3-5,8-9,11-14,16-25,29,31-35,52,58,65,67-68H,1-2,6-7,26-28,30,36H2,(H,63,69)(H,64,71)(H,66,70)(H2,73,74,75)/t52-,58?/m0/s1. The summed E-state index contributed by atoms with van der Waals surface area (Å²) in [5.41, 5.74) is 2.93. The second-order valence-corrected chi connectivity index (χ2v) is 20.9. The van der Waals surface area contributed by atoms with E-state index in [9.17, 15) is 48.1 Å². The number of phenolic OH excluding ortho intramolecular Hbond substituents is 2. The zero-order chi connectivity index (χ0) is 55.7. The summed E-state index contributed by atoms with van der Waals surface area (Å²) in [4.78, 5) is 74.3. The molecule has 0 aromatic heterocycles. The van der Waals surface area contributed by atoms with Crippen molar-refractivity contribution in [1.82, 2.24) is 21.3 Å². The van der Waals surface area contributed by atoms with Crippen molar-refractivity contribution in [3.63, 3.8) is 0 Å². The minimum Gasteiger partial charge on any atom is -0.508 e. The number of phenols is 2. The van der Waals surface area contributed by atoms with E-state index in [1.807, 2.05) is 30.3 Å². The molecule has 2 aliphatic heterocycles. The first-order valence-electron chi connectivity index (χ1n) is 25.2. The van der Waals surface area contributed by atoms with E-state index in [0.29, 0.717) is 71.4 Å². The van der Waals surface area contributed by atoms with E-state index in [1.54, 1.807) is 72.8 Å². The second-order valence-electron chi connectivity index (χ2n) is 18.8. The van der Waals surface area contributed by atoms with Gasteiger partial charge in [-0.15, -0.1) is 0 Å². The summed E-state index contributed by atoms with van der Waals surface area (Å²) in [6.07, 6.45) is 2.69. The number of halogens is 2. The summed E-state index contributed by atoms with van der Waals surface area (Å²) in [5.74, 6) is 2.60. The van der Waals surface area contributed by atoms with E-state index < -0.39 is 54.5 Å². The van der Waals surface area contributed by atoms with Crippen molar-refractivity contribution in [2.24, 2.45) is 0 Å². The minimum absolute atomic E-state index is 0.0517. The largest absolute Gasteiger partial charge is 0.508 e. The Hall–Kier alpha value is -8.49. The molecular weight excluding hydrogens is 1050 g/mol. The van der Waals surface area contributed by atoms with Crippen molar-refractivity contribution >= 4 is 42.9 Å². The number of benzene rings is 7. The third kappa shape index (κ3) is 13.1. The fourth-order valence-electron chi connectivity index (χ4n) is 9.46. The molecule has 1 spiro atoms. The van der Waals surface area contributed by atoms with Gasteiger partial charge >= 0.3 is 13.6 Å². The molecular formula is C60H53ClFN4O12P. The van der Waals surface area contributed by atoms with Gasteiger partial charge in [-0.3, -0.25) is 24.3 Å². The number of esters is 1. The fourth-order valence-corrected chi connectivity index (χ4v) is 10.5. The second kappa shape index (κ2) is 24.5. The molecule has 404 valence electrons. The van der Waals surface area contributed by atoms with Crippen LogP contribution < -0.4 is 30.7 Å².